The molecule has 6 nitrogen and oxygen atoms in total. The van der Waals surface area contributed by atoms with Crippen molar-refractivity contribution in [3.05, 3.63) is 42.1 Å². The van der Waals surface area contributed by atoms with Gasteiger partial charge in [-0.3, -0.25) is 14.4 Å². The van der Waals surface area contributed by atoms with Crippen molar-refractivity contribution in [2.75, 3.05) is 13.1 Å². The largest absolute Gasteiger partial charge is 0.467 e. The number of nitrogens with zero attached hydrogens (tertiary/aromatic N) is 3. The van der Waals surface area contributed by atoms with Gasteiger partial charge in [-0.25, -0.2) is 0 Å². The zero-order valence-corrected chi connectivity index (χ0v) is 12.2. The van der Waals surface area contributed by atoms with Crippen molar-refractivity contribution >= 4 is 5.91 Å². The Kier molecular flexibility index (Phi) is 4.06. The number of carbonyl (C=O) groups excluding carboxylic acids is 1. The van der Waals surface area contributed by atoms with Crippen LogP contribution in [0.2, 0.25) is 0 Å². The zero-order valence-electron chi connectivity index (χ0n) is 12.2. The second-order valence-corrected chi connectivity index (χ2v) is 5.43. The molecule has 1 saturated heterocycles. The van der Waals surface area contributed by atoms with Crippen LogP contribution < -0.4 is 5.32 Å². The number of aromatic nitrogens is 2. The van der Waals surface area contributed by atoms with Crippen LogP contribution >= 0.6 is 0 Å². The Morgan fingerprint density at radius 3 is 3.19 bits per heavy atom. The van der Waals surface area contributed by atoms with E-state index >= 15 is 0 Å². The Morgan fingerprint density at radius 2 is 2.48 bits per heavy atom. The van der Waals surface area contributed by atoms with Gasteiger partial charge < -0.3 is 9.73 Å². The van der Waals surface area contributed by atoms with E-state index in [1.54, 1.807) is 6.26 Å². The fourth-order valence-corrected chi connectivity index (χ4v) is 2.84. The standard InChI is InChI=1S/C15H20N4O2/c1-18-10-12(8-17-18)14-5-2-6-19(14)11-15(20)16-9-13-4-3-7-21-13/h3-4,7-8,10,14H,2,5-6,9,11H2,1H3,(H,16,20). The van der Waals surface area contributed by atoms with Gasteiger partial charge in [0.1, 0.15) is 5.76 Å². The number of amides is 1. The van der Waals surface area contributed by atoms with E-state index in [2.05, 4.69) is 15.3 Å². The number of likely N-dealkylation sites (tertiary alicyclic amines) is 1. The summed E-state index contributed by atoms with van der Waals surface area (Å²) in [5.41, 5.74) is 1.19. The lowest BCUT2D eigenvalue weighted by Gasteiger charge is -2.22. The fraction of sp³-hybridized carbons (Fsp3) is 0.467. The summed E-state index contributed by atoms with van der Waals surface area (Å²) in [6.07, 6.45) is 7.73. The van der Waals surface area contributed by atoms with E-state index < -0.39 is 0 Å². The summed E-state index contributed by atoms with van der Waals surface area (Å²) in [6, 6.07) is 3.97. The third kappa shape index (κ3) is 3.33. The average molecular weight is 288 g/mol. The predicted molar refractivity (Wildman–Crippen MR) is 77.3 cm³/mol. The summed E-state index contributed by atoms with van der Waals surface area (Å²) in [7, 11) is 1.92. The van der Waals surface area contributed by atoms with Crippen molar-refractivity contribution in [3.8, 4) is 0 Å². The van der Waals surface area contributed by atoms with Gasteiger partial charge >= 0.3 is 0 Å². The minimum atomic E-state index is 0.0298. The van der Waals surface area contributed by atoms with Crippen molar-refractivity contribution in [2.45, 2.75) is 25.4 Å². The number of hydrogen-bond acceptors (Lipinski definition) is 4. The van der Waals surface area contributed by atoms with E-state index in [4.69, 9.17) is 4.42 Å². The molecule has 0 spiro atoms. The molecular weight excluding hydrogens is 268 g/mol. The maximum atomic E-state index is 12.1. The van der Waals surface area contributed by atoms with Crippen LogP contribution in [-0.4, -0.2) is 33.7 Å². The lowest BCUT2D eigenvalue weighted by atomic mass is 10.1. The fourth-order valence-electron chi connectivity index (χ4n) is 2.84. The van der Waals surface area contributed by atoms with Crippen molar-refractivity contribution in [1.29, 1.82) is 0 Å². The lowest BCUT2D eigenvalue weighted by Crippen LogP contribution is -2.36. The van der Waals surface area contributed by atoms with E-state index in [0.29, 0.717) is 19.1 Å². The highest BCUT2D eigenvalue weighted by atomic mass is 16.3. The summed E-state index contributed by atoms with van der Waals surface area (Å²) in [5, 5.41) is 7.12. The molecule has 3 rings (SSSR count). The minimum Gasteiger partial charge on any atom is -0.467 e. The monoisotopic (exact) mass is 288 g/mol. The summed E-state index contributed by atoms with van der Waals surface area (Å²) < 4.78 is 7.02. The average Bonchev–Trinajstić information content (AvgIpc) is 3.17. The summed E-state index contributed by atoms with van der Waals surface area (Å²) in [6.45, 7) is 1.81. The summed E-state index contributed by atoms with van der Waals surface area (Å²) >= 11 is 0. The number of hydrogen-bond donors (Lipinski definition) is 1. The molecule has 1 amide bonds. The first-order chi connectivity index (χ1) is 10.2. The van der Waals surface area contributed by atoms with Crippen LogP contribution in [0.3, 0.4) is 0 Å². The second-order valence-electron chi connectivity index (χ2n) is 5.43. The van der Waals surface area contributed by atoms with Crippen LogP contribution in [0, 0.1) is 0 Å². The Hall–Kier alpha value is -2.08. The van der Waals surface area contributed by atoms with Gasteiger partial charge in [0, 0.05) is 24.8 Å². The highest BCUT2D eigenvalue weighted by Crippen LogP contribution is 2.30. The van der Waals surface area contributed by atoms with Crippen LogP contribution in [0.1, 0.15) is 30.2 Å². The highest BCUT2D eigenvalue weighted by molar-refractivity contribution is 5.78. The summed E-state index contributed by atoms with van der Waals surface area (Å²) in [4.78, 5) is 14.3. The lowest BCUT2D eigenvalue weighted by molar-refractivity contribution is -0.122. The molecule has 3 heterocycles. The molecule has 2 aromatic rings. The van der Waals surface area contributed by atoms with Gasteiger partial charge in [-0.2, -0.15) is 5.10 Å². The number of carbonyl (C=O) groups is 1. The maximum absolute atomic E-state index is 12.1. The Labute approximate surface area is 123 Å². The number of furan rings is 1. The van der Waals surface area contributed by atoms with Gasteiger partial charge in [-0.1, -0.05) is 0 Å². The first-order valence-electron chi connectivity index (χ1n) is 7.24. The van der Waals surface area contributed by atoms with Gasteiger partial charge in [0.15, 0.2) is 0 Å². The van der Waals surface area contributed by atoms with E-state index in [1.807, 2.05) is 36.3 Å². The number of rotatable bonds is 5. The van der Waals surface area contributed by atoms with Crippen LogP contribution in [0.25, 0.3) is 0 Å². The SMILES string of the molecule is Cn1cc(C2CCCN2CC(=O)NCc2ccco2)cn1. The van der Waals surface area contributed by atoms with E-state index in [1.165, 1.54) is 5.56 Å². The number of aryl methyl sites for hydroxylation is 1. The number of nitrogens with one attached hydrogen (secondary N) is 1. The molecule has 2 aromatic heterocycles. The van der Waals surface area contributed by atoms with Crippen molar-refractivity contribution in [1.82, 2.24) is 20.0 Å². The third-order valence-electron chi connectivity index (χ3n) is 3.86. The van der Waals surface area contributed by atoms with Gasteiger partial charge in [0.25, 0.3) is 0 Å². The second kappa shape index (κ2) is 6.13. The topological polar surface area (TPSA) is 63.3 Å². The van der Waals surface area contributed by atoms with Crippen LogP contribution in [0.15, 0.2) is 35.2 Å². The van der Waals surface area contributed by atoms with Gasteiger partial charge in [0.05, 0.1) is 25.5 Å². The van der Waals surface area contributed by atoms with Crippen LogP contribution in [0.4, 0.5) is 0 Å². The molecular formula is C15H20N4O2. The molecule has 1 fully saturated rings. The zero-order chi connectivity index (χ0) is 14.7. The molecule has 0 aliphatic carbocycles. The maximum Gasteiger partial charge on any atom is 0.234 e. The van der Waals surface area contributed by atoms with E-state index in [-0.39, 0.29) is 5.91 Å². The Bertz CT molecular complexity index is 591. The van der Waals surface area contributed by atoms with Crippen molar-refractivity contribution < 1.29 is 9.21 Å². The normalized spacial score (nSPS) is 19.0. The molecule has 0 radical (unpaired) electrons. The third-order valence-corrected chi connectivity index (χ3v) is 3.86. The predicted octanol–water partition coefficient (Wildman–Crippen LogP) is 1.47. The molecule has 21 heavy (non-hydrogen) atoms. The molecule has 112 valence electrons. The van der Waals surface area contributed by atoms with Gasteiger partial charge in [0.2, 0.25) is 5.91 Å². The molecule has 0 aromatic carbocycles. The first-order valence-corrected chi connectivity index (χ1v) is 7.24. The molecule has 1 aliphatic rings. The molecule has 1 N–H and O–H groups in total. The molecule has 1 unspecified atom stereocenters. The molecule has 0 bridgehead atoms. The van der Waals surface area contributed by atoms with Gasteiger partial charge in [-0.05, 0) is 31.5 Å². The molecule has 0 saturated carbocycles. The van der Waals surface area contributed by atoms with Gasteiger partial charge in [-0.15, -0.1) is 0 Å². The van der Waals surface area contributed by atoms with Crippen molar-refractivity contribution in [3.63, 3.8) is 0 Å². The van der Waals surface area contributed by atoms with Crippen molar-refractivity contribution in [2.24, 2.45) is 7.05 Å². The minimum absolute atomic E-state index is 0.0298. The molecule has 1 aliphatic heterocycles. The summed E-state index contributed by atoms with van der Waals surface area (Å²) in [5.74, 6) is 0.802. The smallest absolute Gasteiger partial charge is 0.234 e. The highest BCUT2D eigenvalue weighted by Gasteiger charge is 2.28. The Morgan fingerprint density at radius 1 is 1.57 bits per heavy atom. The first kappa shape index (κ1) is 13.9. The Balaban J connectivity index is 1.54. The van der Waals surface area contributed by atoms with Crippen LogP contribution in [-0.2, 0) is 18.4 Å². The quantitative estimate of drug-likeness (QED) is 0.905. The molecule has 1 atom stereocenters. The van der Waals surface area contributed by atoms with Crippen LogP contribution in [0.5, 0.6) is 0 Å². The van der Waals surface area contributed by atoms with E-state index in [9.17, 15) is 4.79 Å². The van der Waals surface area contributed by atoms with E-state index in [0.717, 1.165) is 25.1 Å². The molecule has 6 heteroatoms.